The first-order chi connectivity index (χ1) is 32.7. The monoisotopic (exact) mass is 970 g/mol. The van der Waals surface area contributed by atoms with Crippen molar-refractivity contribution in [1.82, 2.24) is 4.90 Å². The van der Waals surface area contributed by atoms with Crippen molar-refractivity contribution < 1.29 is 66.7 Å². The highest BCUT2D eigenvalue weighted by molar-refractivity contribution is 5.92. The average Bonchev–Trinajstić information content (AvgIpc) is 3.28. The molecule has 0 rings (SSSR count). The normalized spacial score (nSPS) is 11.5. The lowest BCUT2D eigenvalue weighted by Crippen LogP contribution is -2.44. The summed E-state index contributed by atoms with van der Waals surface area (Å²) in [4.78, 5) is 94.2. The first-order valence-electron chi connectivity index (χ1n) is 26.5. The van der Waals surface area contributed by atoms with Crippen molar-refractivity contribution in [3.8, 4) is 0 Å². The van der Waals surface area contributed by atoms with Crippen molar-refractivity contribution in [2.24, 2.45) is 5.41 Å². The van der Waals surface area contributed by atoms with Gasteiger partial charge in [-0.15, -0.1) is 0 Å². The predicted molar refractivity (Wildman–Crippen MR) is 262 cm³/mol. The van der Waals surface area contributed by atoms with Crippen LogP contribution >= 0.6 is 0 Å². The van der Waals surface area contributed by atoms with Gasteiger partial charge >= 0.3 is 41.8 Å². The van der Waals surface area contributed by atoms with Gasteiger partial charge in [-0.05, 0) is 104 Å². The van der Waals surface area contributed by atoms with Crippen LogP contribution in [0, 0.1) is 5.41 Å². The summed E-state index contributed by atoms with van der Waals surface area (Å²) in [7, 11) is 3.73. The first kappa shape index (κ1) is 64.2. The van der Waals surface area contributed by atoms with E-state index in [1.807, 2.05) is 19.0 Å². The number of unbranched alkanes of at least 4 members (excludes halogenated alkanes) is 12. The zero-order valence-corrected chi connectivity index (χ0v) is 43.9. The van der Waals surface area contributed by atoms with Crippen LogP contribution in [0.25, 0.3) is 0 Å². The van der Waals surface area contributed by atoms with Gasteiger partial charge in [-0.25, -0.2) is 0 Å². The van der Waals surface area contributed by atoms with Crippen LogP contribution in [0.3, 0.4) is 0 Å². The van der Waals surface area contributed by atoms with Crippen LogP contribution in [0.15, 0.2) is 0 Å². The van der Waals surface area contributed by atoms with Gasteiger partial charge in [0.2, 0.25) is 0 Å². The Balaban J connectivity index is 6.47. The highest BCUT2D eigenvalue weighted by Crippen LogP contribution is 2.24. The van der Waals surface area contributed by atoms with E-state index in [4.69, 9.17) is 33.2 Å². The molecule has 0 fully saturated rings. The summed E-state index contributed by atoms with van der Waals surface area (Å²) >= 11 is 0. The third kappa shape index (κ3) is 36.3. The van der Waals surface area contributed by atoms with Gasteiger partial charge in [0.25, 0.3) is 0 Å². The quantitative estimate of drug-likeness (QED) is 0.0242. The zero-order valence-electron chi connectivity index (χ0n) is 43.9. The molecule has 0 aromatic heterocycles. The summed E-state index contributed by atoms with van der Waals surface area (Å²) in [5.74, 6) is -5.77. The lowest BCUT2D eigenvalue weighted by atomic mass is 9.92. The van der Waals surface area contributed by atoms with Gasteiger partial charge in [-0.2, -0.15) is 0 Å². The average molecular weight is 970 g/mol. The number of esters is 7. The number of ether oxygens (including phenoxy) is 7. The van der Waals surface area contributed by atoms with Gasteiger partial charge in [-0.1, -0.05) is 119 Å². The van der Waals surface area contributed by atoms with Gasteiger partial charge in [-0.3, -0.25) is 33.6 Å². The summed E-state index contributed by atoms with van der Waals surface area (Å²) < 4.78 is 39.7. The van der Waals surface area contributed by atoms with Crippen molar-refractivity contribution >= 4 is 41.8 Å². The summed E-state index contributed by atoms with van der Waals surface area (Å²) in [6.07, 6.45) is 18.6. The molecule has 0 aromatic rings. The number of rotatable bonds is 45. The molecule has 0 aliphatic rings. The molecule has 0 heterocycles. The van der Waals surface area contributed by atoms with E-state index >= 15 is 0 Å². The number of carbonyl (C=O) groups is 7. The minimum atomic E-state index is -1.72. The Morgan fingerprint density at radius 1 is 0.353 bits per heavy atom. The molecule has 0 bridgehead atoms. The summed E-state index contributed by atoms with van der Waals surface area (Å²) in [5, 5.41) is 0. The fraction of sp³-hybridized carbons (Fsp3) is 0.868. The second-order valence-corrected chi connectivity index (χ2v) is 18.9. The molecule has 0 N–H and O–H groups in total. The van der Waals surface area contributed by atoms with Gasteiger partial charge in [0.05, 0.1) is 0 Å². The minimum Gasteiger partial charge on any atom is -0.465 e. The third-order valence-electron chi connectivity index (χ3n) is 11.7. The molecular weight excluding hydrogens is 875 g/mol. The Kier molecular flexibility index (Phi) is 39.8. The van der Waals surface area contributed by atoms with Crippen molar-refractivity contribution in [3.05, 3.63) is 0 Å². The highest BCUT2D eigenvalue weighted by atomic mass is 16.6. The molecule has 0 spiro atoms. The predicted octanol–water partition coefficient (Wildman–Crippen LogP) is 10.9. The minimum absolute atomic E-state index is 0.0319. The highest BCUT2D eigenvalue weighted by Gasteiger charge is 2.39. The third-order valence-corrected chi connectivity index (χ3v) is 11.7. The van der Waals surface area contributed by atoms with Gasteiger partial charge in [0.15, 0.2) is 0 Å². The number of hydrogen-bond acceptors (Lipinski definition) is 15. The molecule has 0 radical (unpaired) electrons. The standard InChI is InChI=1S/C53H95NO14/c1-9-15-21-28-43(29-22-16-10-2)66-50(59)36-47(56)63-40-53(39-62-46(55)34-27-35-54(7)8,41-64-48(57)37-51(60)67-44(30-23-17-11-3)31-24-18-12-4)42-65-49(58)38-52(61)68-45(32-25-19-13-5)33-26-20-14-6/h43-45H,9-42H2,1-8H3. The van der Waals surface area contributed by atoms with E-state index in [-0.39, 0.29) is 24.7 Å². The van der Waals surface area contributed by atoms with E-state index in [2.05, 4.69) is 41.5 Å². The molecule has 0 aliphatic heterocycles. The van der Waals surface area contributed by atoms with Crippen molar-refractivity contribution in [1.29, 1.82) is 0 Å². The van der Waals surface area contributed by atoms with Crippen molar-refractivity contribution in [2.75, 3.05) is 47.1 Å². The van der Waals surface area contributed by atoms with E-state index in [1.54, 1.807) is 0 Å². The molecular formula is C53H95NO14. The largest absolute Gasteiger partial charge is 0.465 e. The van der Waals surface area contributed by atoms with Crippen molar-refractivity contribution in [2.45, 2.75) is 246 Å². The topological polar surface area (TPSA) is 187 Å². The number of hydrogen-bond donors (Lipinski definition) is 0. The molecule has 396 valence electrons. The second kappa shape index (κ2) is 42.2. The fourth-order valence-electron chi connectivity index (χ4n) is 7.50. The maximum atomic E-state index is 13.3. The Bertz CT molecular complexity index is 1200. The summed E-state index contributed by atoms with van der Waals surface area (Å²) in [6, 6.07) is 0. The molecule has 0 unspecified atom stereocenters. The number of carbonyl (C=O) groups excluding carboxylic acids is 7. The fourth-order valence-corrected chi connectivity index (χ4v) is 7.50. The molecule has 0 amide bonds. The van der Waals surface area contributed by atoms with E-state index in [9.17, 15) is 33.6 Å². The van der Waals surface area contributed by atoms with E-state index in [0.29, 0.717) is 51.5 Å². The Morgan fingerprint density at radius 3 is 0.838 bits per heavy atom. The van der Waals surface area contributed by atoms with Crippen LogP contribution < -0.4 is 0 Å². The Morgan fingerprint density at radius 2 is 0.603 bits per heavy atom. The van der Waals surface area contributed by atoms with Crippen LogP contribution in [-0.2, 0) is 66.7 Å². The Labute approximate surface area is 410 Å². The summed E-state index contributed by atoms with van der Waals surface area (Å²) in [5.41, 5.74) is -1.72. The molecule has 68 heavy (non-hydrogen) atoms. The first-order valence-corrected chi connectivity index (χ1v) is 26.5. The molecule has 0 atom stereocenters. The van der Waals surface area contributed by atoms with E-state index in [0.717, 1.165) is 116 Å². The molecule has 0 aromatic carbocycles. The maximum absolute atomic E-state index is 13.3. The van der Waals surface area contributed by atoms with E-state index in [1.165, 1.54) is 0 Å². The Hall–Kier alpha value is -3.75. The van der Waals surface area contributed by atoms with Crippen LogP contribution in [0.4, 0.5) is 0 Å². The smallest absolute Gasteiger partial charge is 0.317 e. The zero-order chi connectivity index (χ0) is 50.8. The SMILES string of the molecule is CCCCCC(CCCCC)OC(=O)CC(=O)OCC(COC(=O)CCCN(C)C)(COC(=O)CC(=O)OC(CCCCC)CCCCC)COC(=O)CC(=O)OC(CCCCC)CCCCC. The summed E-state index contributed by atoms with van der Waals surface area (Å²) in [6.45, 7) is 10.7. The lowest BCUT2D eigenvalue weighted by Gasteiger charge is -2.31. The molecule has 0 saturated heterocycles. The van der Waals surface area contributed by atoms with Crippen LogP contribution in [0.1, 0.15) is 228 Å². The van der Waals surface area contributed by atoms with E-state index < -0.39 is 92.9 Å². The van der Waals surface area contributed by atoms with Gasteiger partial charge in [0.1, 0.15) is 69.4 Å². The second-order valence-electron chi connectivity index (χ2n) is 18.9. The van der Waals surface area contributed by atoms with Gasteiger partial charge < -0.3 is 38.1 Å². The van der Waals surface area contributed by atoms with Crippen LogP contribution in [0.2, 0.25) is 0 Å². The number of nitrogens with zero attached hydrogens (tertiary/aromatic N) is 1. The van der Waals surface area contributed by atoms with Gasteiger partial charge in [0, 0.05) is 6.42 Å². The van der Waals surface area contributed by atoms with Crippen LogP contribution in [0.5, 0.6) is 0 Å². The van der Waals surface area contributed by atoms with Crippen molar-refractivity contribution in [3.63, 3.8) is 0 Å². The molecule has 15 heteroatoms. The van der Waals surface area contributed by atoms with Crippen LogP contribution in [-0.4, -0.2) is 112 Å². The molecule has 0 aliphatic carbocycles. The maximum Gasteiger partial charge on any atom is 0.317 e. The molecule has 15 nitrogen and oxygen atoms in total. The lowest BCUT2D eigenvalue weighted by molar-refractivity contribution is -0.172. The molecule has 0 saturated carbocycles.